The molecule has 0 radical (unpaired) electrons. The maximum absolute atomic E-state index is 12.2. The molecular formula is C12H28ClN3O2S. The van der Waals surface area contributed by atoms with Gasteiger partial charge in [0.05, 0.1) is 0 Å². The van der Waals surface area contributed by atoms with Crippen LogP contribution in [0.2, 0.25) is 0 Å². The molecule has 5 nitrogen and oxygen atoms in total. The van der Waals surface area contributed by atoms with Crippen LogP contribution >= 0.6 is 12.4 Å². The van der Waals surface area contributed by atoms with Gasteiger partial charge >= 0.3 is 0 Å². The van der Waals surface area contributed by atoms with Gasteiger partial charge in [0.1, 0.15) is 0 Å². The summed E-state index contributed by atoms with van der Waals surface area (Å²) in [5, 5.41) is 0. The van der Waals surface area contributed by atoms with Crippen LogP contribution in [0.5, 0.6) is 0 Å². The molecular weight excluding hydrogens is 286 g/mol. The second-order valence-corrected chi connectivity index (χ2v) is 7.89. The lowest BCUT2D eigenvalue weighted by Gasteiger charge is -2.26. The second kappa shape index (κ2) is 7.78. The van der Waals surface area contributed by atoms with Gasteiger partial charge in [0.15, 0.2) is 0 Å². The normalized spacial score (nSPS) is 17.9. The van der Waals surface area contributed by atoms with E-state index in [1.165, 1.54) is 8.61 Å². The molecule has 1 saturated carbocycles. The summed E-state index contributed by atoms with van der Waals surface area (Å²) in [7, 11) is -0.0143. The van der Waals surface area contributed by atoms with Gasteiger partial charge in [0, 0.05) is 33.2 Å². The molecule has 0 spiro atoms. The predicted octanol–water partition coefficient (Wildman–Crippen LogP) is 1.30. The molecule has 7 heteroatoms. The molecule has 0 saturated heterocycles. The minimum atomic E-state index is -3.30. The highest BCUT2D eigenvalue weighted by Gasteiger charge is 2.30. The first-order valence-corrected chi connectivity index (χ1v) is 8.08. The average molecular weight is 314 g/mol. The summed E-state index contributed by atoms with van der Waals surface area (Å²) in [6.07, 6.45) is 3.01. The van der Waals surface area contributed by atoms with Crippen molar-refractivity contribution in [2.45, 2.75) is 39.2 Å². The molecule has 0 aromatic heterocycles. The molecule has 1 fully saturated rings. The Bertz CT molecular complexity index is 358. The zero-order chi connectivity index (χ0) is 13.9. The van der Waals surface area contributed by atoms with Crippen LogP contribution in [-0.2, 0) is 10.2 Å². The van der Waals surface area contributed by atoms with Crippen molar-refractivity contribution in [2.24, 2.45) is 17.6 Å². The fraction of sp³-hybridized carbons (Fsp3) is 1.00. The predicted molar refractivity (Wildman–Crippen MR) is 81.6 cm³/mol. The number of nitrogens with two attached hydrogens (primary N) is 1. The van der Waals surface area contributed by atoms with Crippen molar-refractivity contribution in [3.63, 3.8) is 0 Å². The van der Waals surface area contributed by atoms with Gasteiger partial charge in [-0.25, -0.2) is 0 Å². The molecule has 0 aromatic carbocycles. The van der Waals surface area contributed by atoms with E-state index in [1.807, 2.05) is 0 Å². The number of nitrogens with zero attached hydrogens (tertiary/aromatic N) is 2. The molecule has 0 aromatic rings. The van der Waals surface area contributed by atoms with Crippen molar-refractivity contribution in [1.29, 1.82) is 0 Å². The number of rotatable bonds is 8. The van der Waals surface area contributed by atoms with Gasteiger partial charge in [-0.15, -0.1) is 12.4 Å². The van der Waals surface area contributed by atoms with Crippen LogP contribution in [0.3, 0.4) is 0 Å². The molecule has 19 heavy (non-hydrogen) atoms. The zero-order valence-corrected chi connectivity index (χ0v) is 14.0. The highest BCUT2D eigenvalue weighted by Crippen LogP contribution is 2.30. The van der Waals surface area contributed by atoms with E-state index >= 15 is 0 Å². The van der Waals surface area contributed by atoms with Crippen molar-refractivity contribution < 1.29 is 8.42 Å². The molecule has 1 aliphatic carbocycles. The molecule has 0 amide bonds. The van der Waals surface area contributed by atoms with E-state index in [0.29, 0.717) is 31.3 Å². The van der Waals surface area contributed by atoms with Gasteiger partial charge in [0.25, 0.3) is 10.2 Å². The van der Waals surface area contributed by atoms with Crippen LogP contribution < -0.4 is 5.73 Å². The van der Waals surface area contributed by atoms with E-state index in [0.717, 1.165) is 12.8 Å². The third-order valence-corrected chi connectivity index (χ3v) is 5.54. The SMILES string of the molecule is CC(C)C(N)CCN(C)S(=O)(=O)N(C)CC1CC1.Cl. The summed E-state index contributed by atoms with van der Waals surface area (Å²) >= 11 is 0. The summed E-state index contributed by atoms with van der Waals surface area (Å²) in [6, 6.07) is 0.0522. The van der Waals surface area contributed by atoms with Crippen molar-refractivity contribution in [1.82, 2.24) is 8.61 Å². The van der Waals surface area contributed by atoms with E-state index in [4.69, 9.17) is 5.73 Å². The Labute approximate surface area is 124 Å². The lowest BCUT2D eigenvalue weighted by molar-refractivity contribution is 0.359. The van der Waals surface area contributed by atoms with E-state index < -0.39 is 10.2 Å². The van der Waals surface area contributed by atoms with Crippen molar-refractivity contribution in [3.05, 3.63) is 0 Å². The van der Waals surface area contributed by atoms with Crippen LogP contribution in [0.25, 0.3) is 0 Å². The molecule has 1 rings (SSSR count). The molecule has 0 bridgehead atoms. The second-order valence-electron chi connectivity index (χ2n) is 5.75. The average Bonchev–Trinajstić information content (AvgIpc) is 3.08. The van der Waals surface area contributed by atoms with Gasteiger partial charge in [-0.2, -0.15) is 17.0 Å². The molecule has 1 aliphatic rings. The summed E-state index contributed by atoms with van der Waals surface area (Å²) in [4.78, 5) is 0. The fourth-order valence-electron chi connectivity index (χ4n) is 1.78. The molecule has 2 N–H and O–H groups in total. The Kier molecular flexibility index (Phi) is 7.83. The van der Waals surface area contributed by atoms with Crippen LogP contribution in [0.4, 0.5) is 0 Å². The topological polar surface area (TPSA) is 66.6 Å². The Morgan fingerprint density at radius 1 is 1.21 bits per heavy atom. The number of hydrogen-bond acceptors (Lipinski definition) is 3. The Hall–Kier alpha value is 0.120. The zero-order valence-electron chi connectivity index (χ0n) is 12.4. The van der Waals surface area contributed by atoms with Crippen LogP contribution in [0.1, 0.15) is 33.1 Å². The number of hydrogen-bond donors (Lipinski definition) is 1. The third-order valence-electron chi connectivity index (χ3n) is 3.63. The van der Waals surface area contributed by atoms with E-state index in [-0.39, 0.29) is 18.4 Å². The lowest BCUT2D eigenvalue weighted by atomic mass is 10.0. The van der Waals surface area contributed by atoms with E-state index in [2.05, 4.69) is 13.8 Å². The van der Waals surface area contributed by atoms with E-state index in [9.17, 15) is 8.42 Å². The standard InChI is InChI=1S/C12H27N3O2S.ClH/c1-10(2)12(13)7-8-14(3)18(16,17)15(4)9-11-5-6-11;/h10-12H,5-9,13H2,1-4H3;1H. The van der Waals surface area contributed by atoms with Crippen molar-refractivity contribution in [3.8, 4) is 0 Å². The highest BCUT2D eigenvalue weighted by atomic mass is 35.5. The van der Waals surface area contributed by atoms with Crippen molar-refractivity contribution in [2.75, 3.05) is 27.2 Å². The van der Waals surface area contributed by atoms with E-state index in [1.54, 1.807) is 14.1 Å². The molecule has 1 unspecified atom stereocenters. The third kappa shape index (κ3) is 5.95. The first-order valence-electron chi connectivity index (χ1n) is 6.68. The first kappa shape index (κ1) is 19.1. The highest BCUT2D eigenvalue weighted by molar-refractivity contribution is 7.86. The molecule has 1 atom stereocenters. The smallest absolute Gasteiger partial charge is 0.281 e. The maximum atomic E-state index is 12.2. The summed E-state index contributed by atoms with van der Waals surface area (Å²) in [6.45, 7) is 5.23. The Morgan fingerprint density at radius 3 is 2.16 bits per heavy atom. The minimum absolute atomic E-state index is 0. The van der Waals surface area contributed by atoms with Crippen LogP contribution in [-0.4, -0.2) is 50.3 Å². The minimum Gasteiger partial charge on any atom is -0.327 e. The first-order chi connectivity index (χ1) is 8.25. The Morgan fingerprint density at radius 2 is 1.74 bits per heavy atom. The lowest BCUT2D eigenvalue weighted by Crippen LogP contribution is -2.42. The number of halogens is 1. The monoisotopic (exact) mass is 313 g/mol. The van der Waals surface area contributed by atoms with Gasteiger partial charge < -0.3 is 5.73 Å². The quantitative estimate of drug-likeness (QED) is 0.734. The summed E-state index contributed by atoms with van der Waals surface area (Å²) in [5.41, 5.74) is 5.94. The van der Waals surface area contributed by atoms with Gasteiger partial charge in [-0.3, -0.25) is 0 Å². The van der Waals surface area contributed by atoms with Crippen LogP contribution in [0, 0.1) is 11.8 Å². The van der Waals surface area contributed by atoms with Gasteiger partial charge in [-0.1, -0.05) is 13.8 Å². The Balaban J connectivity index is 0.00000324. The van der Waals surface area contributed by atoms with Gasteiger partial charge in [-0.05, 0) is 31.1 Å². The summed E-state index contributed by atoms with van der Waals surface area (Å²) in [5.74, 6) is 0.946. The fourth-order valence-corrected chi connectivity index (χ4v) is 2.99. The van der Waals surface area contributed by atoms with Crippen LogP contribution in [0.15, 0.2) is 0 Å². The molecule has 0 heterocycles. The van der Waals surface area contributed by atoms with Crippen molar-refractivity contribution >= 4 is 22.6 Å². The van der Waals surface area contributed by atoms with Gasteiger partial charge in [0.2, 0.25) is 0 Å². The largest absolute Gasteiger partial charge is 0.327 e. The summed E-state index contributed by atoms with van der Waals surface area (Å²) < 4.78 is 27.3. The molecule has 116 valence electrons. The maximum Gasteiger partial charge on any atom is 0.281 e. The molecule has 0 aliphatic heterocycles.